The quantitative estimate of drug-likeness (QED) is 0.791. The first-order chi connectivity index (χ1) is 15.0. The van der Waals surface area contributed by atoms with Crippen LogP contribution >= 0.6 is 0 Å². The highest BCUT2D eigenvalue weighted by atomic mass is 19.1. The van der Waals surface area contributed by atoms with Crippen molar-refractivity contribution in [1.29, 1.82) is 0 Å². The summed E-state index contributed by atoms with van der Waals surface area (Å²) in [4.78, 5) is 29.4. The summed E-state index contributed by atoms with van der Waals surface area (Å²) in [7, 11) is 0. The summed E-state index contributed by atoms with van der Waals surface area (Å²) >= 11 is 0. The molecule has 31 heavy (non-hydrogen) atoms. The van der Waals surface area contributed by atoms with Gasteiger partial charge in [0.05, 0.1) is 6.04 Å². The van der Waals surface area contributed by atoms with E-state index in [2.05, 4.69) is 20.4 Å². The van der Waals surface area contributed by atoms with E-state index in [-0.39, 0.29) is 42.0 Å². The summed E-state index contributed by atoms with van der Waals surface area (Å²) in [6, 6.07) is 5.81. The summed E-state index contributed by atoms with van der Waals surface area (Å²) < 4.78 is 28.0. The average molecular weight is 430 g/mol. The molecule has 10 heteroatoms. The largest absolute Gasteiger partial charge is 0.345 e. The van der Waals surface area contributed by atoms with Crippen LogP contribution in [0.1, 0.15) is 40.9 Å². The van der Waals surface area contributed by atoms with Crippen LogP contribution in [0.4, 0.5) is 8.78 Å². The van der Waals surface area contributed by atoms with Crippen LogP contribution in [0.2, 0.25) is 0 Å². The van der Waals surface area contributed by atoms with Gasteiger partial charge in [-0.25, -0.2) is 8.78 Å². The Kier molecular flexibility index (Phi) is 5.17. The number of piperazine rings is 1. The maximum Gasteiger partial charge on any atom is 0.289 e. The molecule has 2 amide bonds. The molecule has 0 spiro atoms. The molecule has 1 atom stereocenters. The van der Waals surface area contributed by atoms with E-state index in [0.29, 0.717) is 38.3 Å². The fraction of sp³-hybridized carbons (Fsp3) is 0.524. The SMILES string of the molecule is O=C(NCc1ccc(F)cc1)c1nnc2n1CCN1CCN(C(=O)C3CC(F)C3)C[C@H]21. The number of nitrogens with one attached hydrogen (secondary N) is 1. The van der Waals surface area contributed by atoms with E-state index in [4.69, 9.17) is 0 Å². The zero-order valence-corrected chi connectivity index (χ0v) is 17.0. The van der Waals surface area contributed by atoms with Crippen molar-refractivity contribution in [3.63, 3.8) is 0 Å². The molecular weight excluding hydrogens is 406 g/mol. The highest BCUT2D eigenvalue weighted by Gasteiger charge is 2.42. The maximum atomic E-state index is 13.2. The zero-order valence-electron chi connectivity index (χ0n) is 17.0. The van der Waals surface area contributed by atoms with Gasteiger partial charge in [0.2, 0.25) is 11.7 Å². The molecule has 0 unspecified atom stereocenters. The minimum Gasteiger partial charge on any atom is -0.345 e. The van der Waals surface area contributed by atoms with Gasteiger partial charge in [0, 0.05) is 45.2 Å². The number of fused-ring (bicyclic) bond motifs is 3. The first-order valence-electron chi connectivity index (χ1n) is 10.6. The molecule has 1 aliphatic carbocycles. The van der Waals surface area contributed by atoms with Crippen LogP contribution in [0.3, 0.4) is 0 Å². The molecule has 1 saturated heterocycles. The molecular formula is C21H24F2N6O2. The fourth-order valence-corrected chi connectivity index (χ4v) is 4.58. The number of amides is 2. The Balaban J connectivity index is 1.27. The Morgan fingerprint density at radius 2 is 1.81 bits per heavy atom. The van der Waals surface area contributed by atoms with Gasteiger partial charge in [-0.1, -0.05) is 12.1 Å². The Labute approximate surface area is 178 Å². The number of halogens is 2. The third-order valence-corrected chi connectivity index (χ3v) is 6.49. The number of aromatic nitrogens is 3. The molecule has 1 saturated carbocycles. The maximum absolute atomic E-state index is 13.2. The van der Waals surface area contributed by atoms with Crippen LogP contribution < -0.4 is 5.32 Å². The van der Waals surface area contributed by atoms with Gasteiger partial charge >= 0.3 is 0 Å². The van der Waals surface area contributed by atoms with Crippen LogP contribution in [-0.2, 0) is 17.9 Å². The lowest BCUT2D eigenvalue weighted by Gasteiger charge is -2.45. The Morgan fingerprint density at radius 3 is 2.55 bits per heavy atom. The van der Waals surface area contributed by atoms with E-state index in [1.54, 1.807) is 17.0 Å². The first kappa shape index (κ1) is 20.0. The smallest absolute Gasteiger partial charge is 0.289 e. The van der Waals surface area contributed by atoms with Gasteiger partial charge in [0.1, 0.15) is 12.0 Å². The van der Waals surface area contributed by atoms with Crippen molar-refractivity contribution in [3.8, 4) is 0 Å². The summed E-state index contributed by atoms with van der Waals surface area (Å²) in [5, 5.41) is 11.2. The summed E-state index contributed by atoms with van der Waals surface area (Å²) in [5.74, 6) is 0.0436. The lowest BCUT2D eigenvalue weighted by molar-refractivity contribution is -0.144. The summed E-state index contributed by atoms with van der Waals surface area (Å²) in [6.07, 6.45) is -0.222. The van der Waals surface area contributed by atoms with Gasteiger partial charge in [-0.2, -0.15) is 0 Å². The Hall–Kier alpha value is -2.88. The second kappa shape index (κ2) is 7.99. The van der Waals surface area contributed by atoms with Gasteiger partial charge in [-0.05, 0) is 30.5 Å². The van der Waals surface area contributed by atoms with E-state index in [9.17, 15) is 18.4 Å². The van der Waals surface area contributed by atoms with E-state index in [0.717, 1.165) is 18.7 Å². The molecule has 164 valence electrons. The molecule has 5 rings (SSSR count). The number of benzene rings is 1. The van der Waals surface area contributed by atoms with Crippen LogP contribution in [-0.4, -0.2) is 68.7 Å². The van der Waals surface area contributed by atoms with Gasteiger partial charge in [0.15, 0.2) is 5.82 Å². The van der Waals surface area contributed by atoms with Crippen LogP contribution in [0.25, 0.3) is 0 Å². The van der Waals surface area contributed by atoms with Crippen LogP contribution in [0.15, 0.2) is 24.3 Å². The molecule has 2 aromatic rings. The Bertz CT molecular complexity index is 988. The number of carbonyl (C=O) groups is 2. The third kappa shape index (κ3) is 3.80. The van der Waals surface area contributed by atoms with Crippen molar-refractivity contribution in [2.45, 2.75) is 38.1 Å². The second-order valence-electron chi connectivity index (χ2n) is 8.44. The van der Waals surface area contributed by atoms with Crippen molar-refractivity contribution < 1.29 is 18.4 Å². The minimum atomic E-state index is -0.857. The normalized spacial score (nSPS) is 25.4. The van der Waals surface area contributed by atoms with Gasteiger partial charge < -0.3 is 14.8 Å². The topological polar surface area (TPSA) is 83.4 Å². The monoisotopic (exact) mass is 430 g/mol. The number of carbonyl (C=O) groups excluding carboxylic acids is 2. The summed E-state index contributed by atoms with van der Waals surface area (Å²) in [5.41, 5.74) is 0.784. The Morgan fingerprint density at radius 1 is 1.06 bits per heavy atom. The highest BCUT2D eigenvalue weighted by Crippen LogP contribution is 2.34. The molecule has 2 aliphatic heterocycles. The summed E-state index contributed by atoms with van der Waals surface area (Å²) in [6.45, 7) is 3.42. The number of hydrogen-bond acceptors (Lipinski definition) is 5. The van der Waals surface area contributed by atoms with Gasteiger partial charge in [-0.15, -0.1) is 10.2 Å². The standard InChI is InChI=1S/C21H24F2N6O2/c22-15-3-1-13(2-4-15)11-24-20(30)19-26-25-18-17-12-28(21(31)14-9-16(23)10-14)6-5-27(17)7-8-29(18)19/h1-4,14,16-17H,5-12H2,(H,24,30)/t14?,16?,17-/m1/s1. The number of rotatable bonds is 4. The molecule has 1 N–H and O–H groups in total. The molecule has 8 nitrogen and oxygen atoms in total. The molecule has 1 aromatic carbocycles. The van der Waals surface area contributed by atoms with Crippen LogP contribution in [0.5, 0.6) is 0 Å². The molecule has 0 radical (unpaired) electrons. The lowest BCUT2D eigenvalue weighted by atomic mass is 9.82. The van der Waals surface area contributed by atoms with Gasteiger partial charge in [0.25, 0.3) is 5.91 Å². The number of nitrogens with zero attached hydrogens (tertiary/aromatic N) is 5. The highest BCUT2D eigenvalue weighted by molar-refractivity contribution is 5.90. The predicted molar refractivity (Wildman–Crippen MR) is 106 cm³/mol. The molecule has 3 aliphatic rings. The zero-order chi connectivity index (χ0) is 21.5. The molecule has 1 aromatic heterocycles. The third-order valence-electron chi connectivity index (χ3n) is 6.49. The van der Waals surface area contributed by atoms with E-state index >= 15 is 0 Å². The minimum absolute atomic E-state index is 0.0162. The van der Waals surface area contributed by atoms with E-state index in [1.165, 1.54) is 12.1 Å². The molecule has 0 bridgehead atoms. The lowest BCUT2D eigenvalue weighted by Crippen LogP contribution is -2.55. The van der Waals surface area contributed by atoms with Crippen molar-refractivity contribution in [3.05, 3.63) is 47.3 Å². The van der Waals surface area contributed by atoms with Crippen molar-refractivity contribution in [2.75, 3.05) is 26.2 Å². The van der Waals surface area contributed by atoms with Crippen molar-refractivity contribution >= 4 is 11.8 Å². The first-order valence-corrected chi connectivity index (χ1v) is 10.6. The fourth-order valence-electron chi connectivity index (χ4n) is 4.58. The van der Waals surface area contributed by atoms with Crippen LogP contribution in [0, 0.1) is 11.7 Å². The number of hydrogen-bond donors (Lipinski definition) is 1. The van der Waals surface area contributed by atoms with E-state index in [1.807, 2.05) is 4.57 Å². The predicted octanol–water partition coefficient (Wildman–Crippen LogP) is 1.29. The van der Waals surface area contributed by atoms with Crippen molar-refractivity contribution in [1.82, 2.24) is 29.9 Å². The second-order valence-corrected chi connectivity index (χ2v) is 8.44. The van der Waals surface area contributed by atoms with Crippen molar-refractivity contribution in [2.24, 2.45) is 5.92 Å². The molecule has 2 fully saturated rings. The van der Waals surface area contributed by atoms with E-state index < -0.39 is 6.17 Å². The average Bonchev–Trinajstić information content (AvgIpc) is 3.20. The molecule has 3 heterocycles. The van der Waals surface area contributed by atoms with Gasteiger partial charge in [-0.3, -0.25) is 14.5 Å². The number of alkyl halides is 1.